The summed E-state index contributed by atoms with van der Waals surface area (Å²) in [5, 5.41) is 4.02. The highest BCUT2D eigenvalue weighted by atomic mass is 32.2. The molecule has 0 saturated carbocycles. The van der Waals surface area contributed by atoms with E-state index in [4.69, 9.17) is 0 Å². The normalized spacial score (nSPS) is 16.8. The highest BCUT2D eigenvalue weighted by molar-refractivity contribution is 7.89. The molecule has 0 bridgehead atoms. The Morgan fingerprint density at radius 1 is 1.07 bits per heavy atom. The molecule has 1 aliphatic rings. The van der Waals surface area contributed by atoms with Gasteiger partial charge in [0.15, 0.2) is 0 Å². The Morgan fingerprint density at radius 3 is 2.50 bits per heavy atom. The summed E-state index contributed by atoms with van der Waals surface area (Å²) in [6.45, 7) is 3.04. The Balaban J connectivity index is 1.68. The van der Waals surface area contributed by atoms with E-state index in [-0.39, 0.29) is 16.4 Å². The molecule has 1 saturated heterocycles. The largest absolute Gasteiger partial charge is 0.271 e. The number of piperidine rings is 1. The Kier molecular flexibility index (Phi) is 6.59. The Labute approximate surface area is 166 Å². The number of hydrogen-bond acceptors (Lipinski definition) is 4. The summed E-state index contributed by atoms with van der Waals surface area (Å²) in [4.78, 5) is 12.5. The summed E-state index contributed by atoms with van der Waals surface area (Å²) in [6.07, 6.45) is 4.44. The summed E-state index contributed by atoms with van der Waals surface area (Å²) in [5.74, 6) is -0.389. The van der Waals surface area contributed by atoms with Gasteiger partial charge in [-0.25, -0.2) is 13.8 Å². The minimum atomic E-state index is -3.57. The Bertz CT molecular complexity index is 936. The van der Waals surface area contributed by atoms with Crippen molar-refractivity contribution in [2.45, 2.75) is 37.0 Å². The lowest BCUT2D eigenvalue weighted by Gasteiger charge is -2.25. The van der Waals surface area contributed by atoms with Crippen LogP contribution in [-0.4, -0.2) is 37.9 Å². The number of benzene rings is 2. The van der Waals surface area contributed by atoms with Crippen molar-refractivity contribution in [3.05, 3.63) is 65.7 Å². The van der Waals surface area contributed by atoms with Crippen LogP contribution in [0.1, 0.15) is 48.0 Å². The topological polar surface area (TPSA) is 78.8 Å². The molecular formula is C21H25N3O3S. The maximum Gasteiger partial charge on any atom is 0.271 e. The number of sulfonamides is 1. The lowest BCUT2D eigenvalue weighted by atomic mass is 10.0. The molecular weight excluding hydrogens is 374 g/mol. The molecule has 2 aromatic carbocycles. The third-order valence-corrected chi connectivity index (χ3v) is 6.73. The number of carbonyl (C=O) groups excluding carboxylic acids is 1. The van der Waals surface area contributed by atoms with Crippen LogP contribution in [0.5, 0.6) is 0 Å². The van der Waals surface area contributed by atoms with Crippen LogP contribution in [0.15, 0.2) is 64.6 Å². The standard InChI is InChI=1S/C21H25N3O3S/c1-17(18-9-4-2-5-10-18)16-22-23-21(25)19-11-8-12-20(15-19)28(26,27)24-13-6-3-7-14-24/h2,4-5,8-12,15-17H,3,6-7,13-14H2,1H3,(H,23,25)/b22-16-/t17-/m0/s1. The molecule has 0 spiro atoms. The van der Waals surface area contributed by atoms with Gasteiger partial charge < -0.3 is 0 Å². The molecule has 6 nitrogen and oxygen atoms in total. The number of carbonyl (C=O) groups is 1. The molecule has 1 aliphatic heterocycles. The molecule has 1 heterocycles. The van der Waals surface area contributed by atoms with Gasteiger partial charge in [-0.05, 0) is 36.6 Å². The Hall–Kier alpha value is -2.51. The summed E-state index contributed by atoms with van der Waals surface area (Å²) in [6, 6.07) is 15.9. The van der Waals surface area contributed by atoms with Crippen LogP contribution in [0.2, 0.25) is 0 Å². The van der Waals surface area contributed by atoms with Crippen molar-refractivity contribution in [2.75, 3.05) is 13.1 Å². The molecule has 1 fully saturated rings. The molecule has 3 rings (SSSR count). The molecule has 0 aliphatic carbocycles. The van der Waals surface area contributed by atoms with Crippen molar-refractivity contribution in [3.8, 4) is 0 Å². The molecule has 0 unspecified atom stereocenters. The molecule has 0 radical (unpaired) electrons. The third-order valence-electron chi connectivity index (χ3n) is 4.84. The van der Waals surface area contributed by atoms with Crippen LogP contribution >= 0.6 is 0 Å². The van der Waals surface area contributed by atoms with Gasteiger partial charge >= 0.3 is 0 Å². The van der Waals surface area contributed by atoms with Crippen molar-refractivity contribution in [2.24, 2.45) is 5.10 Å². The van der Waals surface area contributed by atoms with Crippen LogP contribution in [0.3, 0.4) is 0 Å². The maximum absolute atomic E-state index is 12.8. The summed E-state index contributed by atoms with van der Waals surface area (Å²) >= 11 is 0. The molecule has 7 heteroatoms. The van der Waals surface area contributed by atoms with E-state index in [0.29, 0.717) is 13.1 Å². The second kappa shape index (κ2) is 9.12. The van der Waals surface area contributed by atoms with Gasteiger partial charge in [0, 0.05) is 30.8 Å². The number of hydrogen-bond donors (Lipinski definition) is 1. The number of nitrogens with one attached hydrogen (secondary N) is 1. The number of nitrogens with zero attached hydrogens (tertiary/aromatic N) is 2. The molecule has 1 atom stereocenters. The minimum Gasteiger partial charge on any atom is -0.267 e. The first-order valence-corrected chi connectivity index (χ1v) is 10.9. The van der Waals surface area contributed by atoms with Crippen molar-refractivity contribution in [1.29, 1.82) is 0 Å². The summed E-state index contributed by atoms with van der Waals surface area (Å²) < 4.78 is 27.1. The lowest BCUT2D eigenvalue weighted by molar-refractivity contribution is 0.0955. The van der Waals surface area contributed by atoms with E-state index in [2.05, 4.69) is 10.5 Å². The van der Waals surface area contributed by atoms with Gasteiger partial charge in [-0.2, -0.15) is 9.41 Å². The van der Waals surface area contributed by atoms with Crippen LogP contribution in [-0.2, 0) is 10.0 Å². The fraction of sp³-hybridized carbons (Fsp3) is 0.333. The maximum atomic E-state index is 12.8. The van der Waals surface area contributed by atoms with Crippen LogP contribution in [0.25, 0.3) is 0 Å². The van der Waals surface area contributed by atoms with E-state index < -0.39 is 15.9 Å². The van der Waals surface area contributed by atoms with Gasteiger partial charge in [-0.15, -0.1) is 0 Å². The smallest absolute Gasteiger partial charge is 0.267 e. The van der Waals surface area contributed by atoms with E-state index in [1.807, 2.05) is 37.3 Å². The third kappa shape index (κ3) is 4.85. The van der Waals surface area contributed by atoms with Gasteiger partial charge in [-0.1, -0.05) is 49.7 Å². The van der Waals surface area contributed by atoms with Crippen LogP contribution < -0.4 is 5.43 Å². The number of rotatable bonds is 6. The number of amides is 1. The van der Waals surface area contributed by atoms with Gasteiger partial charge in [0.2, 0.25) is 10.0 Å². The monoisotopic (exact) mass is 399 g/mol. The average molecular weight is 400 g/mol. The van der Waals surface area contributed by atoms with E-state index in [9.17, 15) is 13.2 Å². The minimum absolute atomic E-state index is 0.0484. The van der Waals surface area contributed by atoms with Crippen molar-refractivity contribution >= 4 is 22.1 Å². The molecule has 28 heavy (non-hydrogen) atoms. The van der Waals surface area contributed by atoms with Gasteiger partial charge in [0.1, 0.15) is 0 Å². The summed E-state index contributed by atoms with van der Waals surface area (Å²) in [7, 11) is -3.57. The van der Waals surface area contributed by atoms with Crippen molar-refractivity contribution in [3.63, 3.8) is 0 Å². The van der Waals surface area contributed by atoms with Gasteiger partial charge in [0.05, 0.1) is 4.90 Å². The highest BCUT2D eigenvalue weighted by Crippen LogP contribution is 2.21. The van der Waals surface area contributed by atoms with E-state index >= 15 is 0 Å². The average Bonchev–Trinajstić information content (AvgIpc) is 2.75. The fourth-order valence-electron chi connectivity index (χ4n) is 3.17. The summed E-state index contributed by atoms with van der Waals surface area (Å²) in [5.41, 5.74) is 3.84. The second-order valence-corrected chi connectivity index (χ2v) is 8.85. The zero-order chi connectivity index (χ0) is 20.0. The Morgan fingerprint density at radius 2 is 1.79 bits per heavy atom. The van der Waals surface area contributed by atoms with Gasteiger partial charge in [0.25, 0.3) is 5.91 Å². The molecule has 148 valence electrons. The predicted octanol–water partition coefficient (Wildman–Crippen LogP) is 3.38. The molecule has 2 aromatic rings. The van der Waals surface area contributed by atoms with Crippen LogP contribution in [0, 0.1) is 0 Å². The highest BCUT2D eigenvalue weighted by Gasteiger charge is 2.26. The fourth-order valence-corrected chi connectivity index (χ4v) is 4.73. The first-order valence-electron chi connectivity index (χ1n) is 9.47. The van der Waals surface area contributed by atoms with Gasteiger partial charge in [-0.3, -0.25) is 4.79 Å². The molecule has 0 aromatic heterocycles. The zero-order valence-corrected chi connectivity index (χ0v) is 16.7. The lowest BCUT2D eigenvalue weighted by Crippen LogP contribution is -2.35. The molecule has 1 N–H and O–H groups in total. The second-order valence-electron chi connectivity index (χ2n) is 6.91. The van der Waals surface area contributed by atoms with Crippen molar-refractivity contribution < 1.29 is 13.2 Å². The van der Waals surface area contributed by atoms with E-state index in [0.717, 1.165) is 24.8 Å². The van der Waals surface area contributed by atoms with E-state index in [1.54, 1.807) is 18.3 Å². The molecule has 1 amide bonds. The first kappa shape index (κ1) is 20.2. The quantitative estimate of drug-likeness (QED) is 0.597. The predicted molar refractivity (Wildman–Crippen MR) is 110 cm³/mol. The SMILES string of the molecule is C[C@@H](/C=N\NC(=O)c1cccc(S(=O)(=O)N2CCCCC2)c1)c1ccccc1. The zero-order valence-electron chi connectivity index (χ0n) is 15.9. The number of hydrazone groups is 1. The van der Waals surface area contributed by atoms with E-state index in [1.165, 1.54) is 16.4 Å². The van der Waals surface area contributed by atoms with Crippen molar-refractivity contribution in [1.82, 2.24) is 9.73 Å². The van der Waals surface area contributed by atoms with Crippen LogP contribution in [0.4, 0.5) is 0 Å². The first-order chi connectivity index (χ1) is 13.5.